The van der Waals surface area contributed by atoms with Gasteiger partial charge in [0.2, 0.25) is 0 Å². The SMILES string of the molecule is O=C(O)C=Cc1ccc(F)c(C(=O)NCC(F)(F)F)c1. The molecule has 0 aromatic heterocycles. The molecule has 0 atom stereocenters. The van der Waals surface area contributed by atoms with Gasteiger partial charge in [-0.3, -0.25) is 4.79 Å². The number of rotatable bonds is 4. The molecule has 0 saturated carbocycles. The van der Waals surface area contributed by atoms with Crippen LogP contribution in [0.25, 0.3) is 6.08 Å². The van der Waals surface area contributed by atoms with Crippen molar-refractivity contribution >= 4 is 18.0 Å². The molecule has 20 heavy (non-hydrogen) atoms. The zero-order valence-electron chi connectivity index (χ0n) is 9.87. The molecule has 0 heterocycles. The number of halogens is 4. The fourth-order valence-electron chi connectivity index (χ4n) is 1.26. The van der Waals surface area contributed by atoms with Gasteiger partial charge in [0.05, 0.1) is 5.56 Å². The van der Waals surface area contributed by atoms with Crippen molar-refractivity contribution in [2.75, 3.05) is 6.54 Å². The van der Waals surface area contributed by atoms with Crippen LogP contribution in [0.4, 0.5) is 17.6 Å². The highest BCUT2D eigenvalue weighted by atomic mass is 19.4. The van der Waals surface area contributed by atoms with Crippen molar-refractivity contribution < 1.29 is 32.3 Å². The minimum Gasteiger partial charge on any atom is -0.478 e. The lowest BCUT2D eigenvalue weighted by molar-refractivity contribution is -0.131. The van der Waals surface area contributed by atoms with E-state index in [0.29, 0.717) is 0 Å². The van der Waals surface area contributed by atoms with E-state index in [1.54, 1.807) is 0 Å². The van der Waals surface area contributed by atoms with Crippen LogP contribution < -0.4 is 5.32 Å². The van der Waals surface area contributed by atoms with Crippen LogP contribution in [0.15, 0.2) is 24.3 Å². The molecule has 0 saturated heterocycles. The Hall–Kier alpha value is -2.38. The van der Waals surface area contributed by atoms with Crippen LogP contribution in [-0.2, 0) is 4.79 Å². The predicted molar refractivity (Wildman–Crippen MR) is 61.5 cm³/mol. The van der Waals surface area contributed by atoms with Gasteiger partial charge in [-0.2, -0.15) is 13.2 Å². The molecule has 0 unspecified atom stereocenters. The zero-order valence-corrected chi connectivity index (χ0v) is 9.87. The molecule has 0 aliphatic carbocycles. The fourth-order valence-corrected chi connectivity index (χ4v) is 1.26. The van der Waals surface area contributed by atoms with E-state index in [1.165, 1.54) is 11.4 Å². The van der Waals surface area contributed by atoms with Crippen LogP contribution >= 0.6 is 0 Å². The number of nitrogens with one attached hydrogen (secondary N) is 1. The standard InChI is InChI=1S/C12H9F4NO3/c13-9-3-1-7(2-4-10(18)19)5-8(9)11(20)17-6-12(14,15)16/h1-5H,6H2,(H,17,20)(H,18,19). The Kier molecular flexibility index (Phi) is 4.84. The summed E-state index contributed by atoms with van der Waals surface area (Å²) in [5.74, 6) is -3.49. The van der Waals surface area contributed by atoms with Crippen molar-refractivity contribution in [1.82, 2.24) is 5.32 Å². The van der Waals surface area contributed by atoms with Gasteiger partial charge >= 0.3 is 12.1 Å². The Morgan fingerprint density at radius 2 is 1.95 bits per heavy atom. The van der Waals surface area contributed by atoms with Gasteiger partial charge in [-0.15, -0.1) is 0 Å². The van der Waals surface area contributed by atoms with E-state index in [9.17, 15) is 27.2 Å². The lowest BCUT2D eigenvalue weighted by Crippen LogP contribution is -2.34. The summed E-state index contributed by atoms with van der Waals surface area (Å²) in [6.45, 7) is -1.58. The second kappa shape index (κ2) is 6.18. The Bertz CT molecular complexity index is 552. The van der Waals surface area contributed by atoms with E-state index in [1.807, 2.05) is 0 Å². The van der Waals surface area contributed by atoms with Gasteiger partial charge in [0.1, 0.15) is 12.4 Å². The Morgan fingerprint density at radius 3 is 2.50 bits per heavy atom. The zero-order chi connectivity index (χ0) is 15.3. The van der Waals surface area contributed by atoms with Gasteiger partial charge < -0.3 is 10.4 Å². The molecule has 1 amide bonds. The number of hydrogen-bond acceptors (Lipinski definition) is 2. The Balaban J connectivity index is 2.91. The summed E-state index contributed by atoms with van der Waals surface area (Å²) in [6, 6.07) is 3.01. The molecule has 108 valence electrons. The van der Waals surface area contributed by atoms with Crippen molar-refractivity contribution in [3.05, 3.63) is 41.2 Å². The van der Waals surface area contributed by atoms with Gasteiger partial charge in [0, 0.05) is 6.08 Å². The van der Waals surface area contributed by atoms with Crippen molar-refractivity contribution in [2.45, 2.75) is 6.18 Å². The fraction of sp³-hybridized carbons (Fsp3) is 0.167. The Labute approximate surface area is 110 Å². The van der Waals surface area contributed by atoms with E-state index in [-0.39, 0.29) is 5.56 Å². The maximum absolute atomic E-state index is 13.4. The molecule has 0 fully saturated rings. The van der Waals surface area contributed by atoms with E-state index in [2.05, 4.69) is 0 Å². The van der Waals surface area contributed by atoms with Gasteiger partial charge in [0.15, 0.2) is 0 Å². The summed E-state index contributed by atoms with van der Waals surface area (Å²) in [4.78, 5) is 21.7. The molecule has 1 rings (SSSR count). The predicted octanol–water partition coefficient (Wildman–Crippen LogP) is 2.22. The third-order valence-electron chi connectivity index (χ3n) is 2.10. The molecule has 0 radical (unpaired) electrons. The van der Waals surface area contributed by atoms with Crippen LogP contribution in [0.2, 0.25) is 0 Å². The van der Waals surface area contributed by atoms with Gasteiger partial charge in [-0.05, 0) is 23.8 Å². The number of carbonyl (C=O) groups excluding carboxylic acids is 1. The highest BCUT2D eigenvalue weighted by molar-refractivity contribution is 5.95. The first kappa shape index (κ1) is 15.7. The lowest BCUT2D eigenvalue weighted by Gasteiger charge is -2.09. The van der Waals surface area contributed by atoms with Gasteiger partial charge in [-0.1, -0.05) is 6.07 Å². The van der Waals surface area contributed by atoms with Crippen molar-refractivity contribution in [3.63, 3.8) is 0 Å². The molecular formula is C12H9F4NO3. The highest BCUT2D eigenvalue weighted by Gasteiger charge is 2.28. The number of carboxylic acid groups (broad SMARTS) is 1. The molecule has 0 aliphatic rings. The molecule has 0 spiro atoms. The first-order valence-corrected chi connectivity index (χ1v) is 5.24. The summed E-state index contributed by atoms with van der Waals surface area (Å²) in [7, 11) is 0. The number of aliphatic carboxylic acids is 1. The highest BCUT2D eigenvalue weighted by Crippen LogP contribution is 2.15. The molecule has 1 aromatic rings. The number of carboxylic acids is 1. The molecule has 0 bridgehead atoms. The van der Waals surface area contributed by atoms with Crippen LogP contribution in [0.1, 0.15) is 15.9 Å². The summed E-state index contributed by atoms with van der Waals surface area (Å²) in [5.41, 5.74) is -0.423. The lowest BCUT2D eigenvalue weighted by atomic mass is 10.1. The second-order valence-corrected chi connectivity index (χ2v) is 3.71. The Morgan fingerprint density at radius 1 is 1.30 bits per heavy atom. The molecule has 8 heteroatoms. The number of alkyl halides is 3. The maximum atomic E-state index is 13.4. The minimum absolute atomic E-state index is 0.172. The van der Waals surface area contributed by atoms with Crippen molar-refractivity contribution in [2.24, 2.45) is 0 Å². The van der Waals surface area contributed by atoms with E-state index < -0.39 is 36.0 Å². The van der Waals surface area contributed by atoms with Crippen LogP contribution in [-0.4, -0.2) is 29.7 Å². The van der Waals surface area contributed by atoms with Crippen LogP contribution in [0.3, 0.4) is 0 Å². The quantitative estimate of drug-likeness (QED) is 0.660. The molecular weight excluding hydrogens is 282 g/mol. The smallest absolute Gasteiger partial charge is 0.405 e. The molecule has 1 aromatic carbocycles. The van der Waals surface area contributed by atoms with Crippen LogP contribution in [0, 0.1) is 5.82 Å². The van der Waals surface area contributed by atoms with E-state index >= 15 is 0 Å². The average Bonchev–Trinajstić information content (AvgIpc) is 2.34. The van der Waals surface area contributed by atoms with E-state index in [4.69, 9.17) is 5.11 Å². The third kappa shape index (κ3) is 5.09. The largest absolute Gasteiger partial charge is 0.478 e. The topological polar surface area (TPSA) is 66.4 Å². The number of hydrogen-bond donors (Lipinski definition) is 2. The molecule has 0 aliphatic heterocycles. The van der Waals surface area contributed by atoms with Gasteiger partial charge in [-0.25, -0.2) is 9.18 Å². The summed E-state index contributed by atoms with van der Waals surface area (Å²) < 4.78 is 49.2. The summed E-state index contributed by atoms with van der Waals surface area (Å²) >= 11 is 0. The van der Waals surface area contributed by atoms with Crippen molar-refractivity contribution in [1.29, 1.82) is 0 Å². The monoisotopic (exact) mass is 291 g/mol. The summed E-state index contributed by atoms with van der Waals surface area (Å²) in [6.07, 6.45) is -2.76. The van der Waals surface area contributed by atoms with Crippen LogP contribution in [0.5, 0.6) is 0 Å². The summed E-state index contributed by atoms with van der Waals surface area (Å²) in [5, 5.41) is 9.94. The number of benzene rings is 1. The van der Waals surface area contributed by atoms with E-state index in [0.717, 1.165) is 24.3 Å². The molecule has 4 nitrogen and oxygen atoms in total. The van der Waals surface area contributed by atoms with Gasteiger partial charge in [0.25, 0.3) is 5.91 Å². The number of amides is 1. The van der Waals surface area contributed by atoms with Crippen molar-refractivity contribution in [3.8, 4) is 0 Å². The first-order chi connectivity index (χ1) is 9.19. The third-order valence-corrected chi connectivity index (χ3v) is 2.10. The average molecular weight is 291 g/mol. The molecule has 2 N–H and O–H groups in total. The normalized spacial score (nSPS) is 11.6. The number of carbonyl (C=O) groups is 2. The second-order valence-electron chi connectivity index (χ2n) is 3.71. The minimum atomic E-state index is -4.60. The maximum Gasteiger partial charge on any atom is 0.405 e. The first-order valence-electron chi connectivity index (χ1n) is 5.24.